The molecule has 0 saturated carbocycles. The lowest BCUT2D eigenvalue weighted by atomic mass is 10.3. The van der Waals surface area contributed by atoms with Gasteiger partial charge in [0.1, 0.15) is 0 Å². The molecule has 0 radical (unpaired) electrons. The van der Waals surface area contributed by atoms with Gasteiger partial charge in [-0.15, -0.1) is 0 Å². The van der Waals surface area contributed by atoms with Crippen LogP contribution in [0.25, 0.3) is 0 Å². The first-order valence-corrected chi connectivity index (χ1v) is 4.63. The quantitative estimate of drug-likeness (QED) is 0.644. The van der Waals surface area contributed by atoms with E-state index >= 15 is 0 Å². The van der Waals surface area contributed by atoms with E-state index in [4.69, 9.17) is 10.5 Å². The van der Waals surface area contributed by atoms with E-state index in [9.17, 15) is 0 Å². The highest BCUT2D eigenvalue weighted by atomic mass is 16.5. The van der Waals surface area contributed by atoms with Gasteiger partial charge in [-0.3, -0.25) is 0 Å². The molecule has 0 aliphatic rings. The molecule has 0 aromatic rings. The fourth-order valence-corrected chi connectivity index (χ4v) is 0.963. The summed E-state index contributed by atoms with van der Waals surface area (Å²) < 4.78 is 5.45. The van der Waals surface area contributed by atoms with E-state index < -0.39 is 0 Å². The van der Waals surface area contributed by atoms with E-state index in [0.29, 0.717) is 12.6 Å². The highest BCUT2D eigenvalue weighted by Gasteiger charge is 2.11. The fourth-order valence-electron chi connectivity index (χ4n) is 0.963. The minimum atomic E-state index is 0.183. The largest absolute Gasteiger partial charge is 0.376 e. The SMILES string of the molecule is CCOC(CN)CN(C)C(C)C. The second-order valence-electron chi connectivity index (χ2n) is 3.35. The van der Waals surface area contributed by atoms with Crippen LogP contribution in [0.15, 0.2) is 0 Å². The van der Waals surface area contributed by atoms with Crippen LogP contribution in [0.3, 0.4) is 0 Å². The van der Waals surface area contributed by atoms with Gasteiger partial charge in [0.25, 0.3) is 0 Å². The topological polar surface area (TPSA) is 38.5 Å². The molecule has 74 valence electrons. The second-order valence-corrected chi connectivity index (χ2v) is 3.35. The average molecular weight is 174 g/mol. The molecule has 0 aromatic heterocycles. The maximum absolute atomic E-state index is 5.56. The third-order valence-corrected chi connectivity index (χ3v) is 2.04. The van der Waals surface area contributed by atoms with Crippen LogP contribution in [0.1, 0.15) is 20.8 Å². The molecule has 0 rings (SSSR count). The molecule has 0 aromatic carbocycles. The molecule has 2 N–H and O–H groups in total. The Balaban J connectivity index is 3.68. The molecule has 1 atom stereocenters. The van der Waals surface area contributed by atoms with Crippen molar-refractivity contribution in [3.8, 4) is 0 Å². The van der Waals surface area contributed by atoms with Crippen molar-refractivity contribution in [2.45, 2.75) is 32.9 Å². The Bertz CT molecular complexity index is 107. The van der Waals surface area contributed by atoms with Crippen molar-refractivity contribution in [1.29, 1.82) is 0 Å². The lowest BCUT2D eigenvalue weighted by molar-refractivity contribution is 0.0389. The Labute approximate surface area is 75.9 Å². The summed E-state index contributed by atoms with van der Waals surface area (Å²) in [7, 11) is 2.09. The van der Waals surface area contributed by atoms with E-state index in [0.717, 1.165) is 13.2 Å². The summed E-state index contributed by atoms with van der Waals surface area (Å²) in [5.74, 6) is 0. The highest BCUT2D eigenvalue weighted by molar-refractivity contribution is 4.66. The van der Waals surface area contributed by atoms with Crippen molar-refractivity contribution in [2.75, 3.05) is 26.7 Å². The zero-order valence-electron chi connectivity index (χ0n) is 8.71. The molecule has 0 spiro atoms. The van der Waals surface area contributed by atoms with Gasteiger partial charge in [-0.2, -0.15) is 0 Å². The van der Waals surface area contributed by atoms with Crippen molar-refractivity contribution < 1.29 is 4.74 Å². The molecule has 3 heteroatoms. The van der Waals surface area contributed by atoms with Gasteiger partial charge in [-0.05, 0) is 27.8 Å². The molecule has 12 heavy (non-hydrogen) atoms. The van der Waals surface area contributed by atoms with Gasteiger partial charge in [0.15, 0.2) is 0 Å². The van der Waals surface area contributed by atoms with Crippen LogP contribution in [-0.2, 0) is 4.74 Å². The van der Waals surface area contributed by atoms with Gasteiger partial charge in [0.2, 0.25) is 0 Å². The average Bonchev–Trinajstić information content (AvgIpc) is 2.03. The van der Waals surface area contributed by atoms with Crippen LogP contribution in [0.5, 0.6) is 0 Å². The molecular formula is C9H22N2O. The summed E-state index contributed by atoms with van der Waals surface area (Å²) in [5.41, 5.74) is 5.56. The van der Waals surface area contributed by atoms with E-state index in [1.165, 1.54) is 0 Å². The van der Waals surface area contributed by atoms with Crippen LogP contribution >= 0.6 is 0 Å². The maximum Gasteiger partial charge on any atom is 0.0823 e. The van der Waals surface area contributed by atoms with E-state index in [1.54, 1.807) is 0 Å². The minimum Gasteiger partial charge on any atom is -0.376 e. The van der Waals surface area contributed by atoms with E-state index in [1.807, 2.05) is 6.92 Å². The minimum absolute atomic E-state index is 0.183. The first kappa shape index (κ1) is 11.9. The predicted octanol–water partition coefficient (Wildman–Crippen LogP) is 0.690. The highest BCUT2D eigenvalue weighted by Crippen LogP contribution is 1.98. The number of likely N-dealkylation sites (N-methyl/N-ethyl adjacent to an activating group) is 1. The molecule has 0 heterocycles. The smallest absolute Gasteiger partial charge is 0.0823 e. The zero-order chi connectivity index (χ0) is 9.56. The van der Waals surface area contributed by atoms with Crippen molar-refractivity contribution in [2.24, 2.45) is 5.73 Å². The van der Waals surface area contributed by atoms with E-state index in [2.05, 4.69) is 25.8 Å². The Morgan fingerprint density at radius 2 is 2.00 bits per heavy atom. The fraction of sp³-hybridized carbons (Fsp3) is 1.00. The summed E-state index contributed by atoms with van der Waals surface area (Å²) in [4.78, 5) is 2.24. The van der Waals surface area contributed by atoms with Crippen molar-refractivity contribution in [1.82, 2.24) is 4.90 Å². The van der Waals surface area contributed by atoms with Crippen LogP contribution in [0, 0.1) is 0 Å². The zero-order valence-corrected chi connectivity index (χ0v) is 8.71. The Morgan fingerprint density at radius 1 is 1.42 bits per heavy atom. The Morgan fingerprint density at radius 3 is 2.33 bits per heavy atom. The number of nitrogens with zero attached hydrogens (tertiary/aromatic N) is 1. The standard InChI is InChI=1S/C9H22N2O/c1-5-12-9(6-10)7-11(4)8(2)3/h8-9H,5-7,10H2,1-4H3. The van der Waals surface area contributed by atoms with Gasteiger partial charge in [-0.25, -0.2) is 0 Å². The van der Waals surface area contributed by atoms with Crippen LogP contribution in [-0.4, -0.2) is 43.8 Å². The lowest BCUT2D eigenvalue weighted by Crippen LogP contribution is -2.39. The summed E-state index contributed by atoms with van der Waals surface area (Å²) >= 11 is 0. The third kappa shape index (κ3) is 4.70. The lowest BCUT2D eigenvalue weighted by Gasteiger charge is -2.25. The Kier molecular flexibility index (Phi) is 6.34. The number of nitrogens with two attached hydrogens (primary N) is 1. The first-order valence-electron chi connectivity index (χ1n) is 4.63. The third-order valence-electron chi connectivity index (χ3n) is 2.04. The number of hydrogen-bond acceptors (Lipinski definition) is 3. The molecule has 1 unspecified atom stereocenters. The first-order chi connectivity index (χ1) is 5.61. The van der Waals surface area contributed by atoms with Crippen molar-refractivity contribution in [3.63, 3.8) is 0 Å². The normalized spacial score (nSPS) is 14.2. The van der Waals surface area contributed by atoms with Gasteiger partial charge in [-0.1, -0.05) is 0 Å². The van der Waals surface area contributed by atoms with Crippen LogP contribution in [0.4, 0.5) is 0 Å². The Hall–Kier alpha value is -0.120. The van der Waals surface area contributed by atoms with Gasteiger partial charge in [0, 0.05) is 25.7 Å². The summed E-state index contributed by atoms with van der Waals surface area (Å²) in [5, 5.41) is 0. The van der Waals surface area contributed by atoms with Crippen molar-refractivity contribution >= 4 is 0 Å². The molecule has 0 amide bonds. The van der Waals surface area contributed by atoms with Crippen molar-refractivity contribution in [3.05, 3.63) is 0 Å². The predicted molar refractivity (Wildman–Crippen MR) is 52.2 cm³/mol. The molecule has 0 fully saturated rings. The molecule has 3 nitrogen and oxygen atoms in total. The number of rotatable bonds is 6. The monoisotopic (exact) mass is 174 g/mol. The summed E-state index contributed by atoms with van der Waals surface area (Å²) in [6.07, 6.45) is 0.183. The van der Waals surface area contributed by atoms with Gasteiger partial charge >= 0.3 is 0 Å². The van der Waals surface area contributed by atoms with Crippen LogP contribution in [0.2, 0.25) is 0 Å². The van der Waals surface area contributed by atoms with Gasteiger partial charge < -0.3 is 15.4 Å². The summed E-state index contributed by atoms with van der Waals surface area (Å²) in [6, 6.07) is 0.555. The molecular weight excluding hydrogens is 152 g/mol. The van der Waals surface area contributed by atoms with Gasteiger partial charge in [0.05, 0.1) is 6.10 Å². The number of ether oxygens (including phenoxy) is 1. The molecule has 0 aliphatic carbocycles. The second kappa shape index (κ2) is 6.40. The van der Waals surface area contributed by atoms with E-state index in [-0.39, 0.29) is 6.10 Å². The van der Waals surface area contributed by atoms with Crippen LogP contribution < -0.4 is 5.73 Å². The molecule has 0 bridgehead atoms. The molecule has 0 aliphatic heterocycles. The number of hydrogen-bond donors (Lipinski definition) is 1. The summed E-state index contributed by atoms with van der Waals surface area (Å²) in [6.45, 7) is 8.60. The maximum atomic E-state index is 5.56. The molecule has 0 saturated heterocycles.